The van der Waals surface area contributed by atoms with E-state index in [9.17, 15) is 4.79 Å². The van der Waals surface area contributed by atoms with Crippen LogP contribution in [0.5, 0.6) is 0 Å². The summed E-state index contributed by atoms with van der Waals surface area (Å²) in [5.41, 5.74) is 5.28. The van der Waals surface area contributed by atoms with Gasteiger partial charge >= 0.3 is 0 Å². The summed E-state index contributed by atoms with van der Waals surface area (Å²) in [6.45, 7) is 8.94. The Morgan fingerprint density at radius 1 is 1.19 bits per heavy atom. The van der Waals surface area contributed by atoms with E-state index in [1.807, 2.05) is 35.6 Å². The number of hydrogen-bond acceptors (Lipinski definition) is 4. The van der Waals surface area contributed by atoms with E-state index in [0.29, 0.717) is 5.82 Å². The first kappa shape index (κ1) is 17.2. The molecular weight excluding hydrogens is 342 g/mol. The molecule has 0 bridgehead atoms. The third kappa shape index (κ3) is 3.37. The van der Waals surface area contributed by atoms with Gasteiger partial charge in [-0.15, -0.1) is 11.3 Å². The number of nitrogens with one attached hydrogen (secondary N) is 1. The van der Waals surface area contributed by atoms with E-state index in [1.54, 1.807) is 0 Å². The Hall–Kier alpha value is -2.24. The number of thiophene rings is 1. The zero-order valence-corrected chi connectivity index (χ0v) is 16.2. The molecule has 1 aliphatic rings. The lowest BCUT2D eigenvalue weighted by Gasteiger charge is -2.27. The smallest absolute Gasteiger partial charge is 0.254 e. The second kappa shape index (κ2) is 6.82. The fourth-order valence-corrected chi connectivity index (χ4v) is 4.52. The number of aromatic nitrogens is 2. The molecule has 3 heterocycles. The van der Waals surface area contributed by atoms with Crippen LogP contribution >= 0.6 is 11.3 Å². The van der Waals surface area contributed by atoms with E-state index in [-0.39, 0.29) is 5.56 Å². The van der Waals surface area contributed by atoms with Gasteiger partial charge in [0.15, 0.2) is 0 Å². The number of hydrogen-bond donors (Lipinski definition) is 1. The molecule has 3 aromatic rings. The monoisotopic (exact) mass is 365 g/mol. The molecule has 0 radical (unpaired) electrons. The van der Waals surface area contributed by atoms with Gasteiger partial charge in [-0.25, -0.2) is 4.98 Å². The van der Waals surface area contributed by atoms with Crippen molar-refractivity contribution in [2.75, 3.05) is 6.54 Å². The second-order valence-corrected chi connectivity index (χ2v) is 8.46. The number of H-pyrrole nitrogens is 1. The number of rotatable bonds is 3. The minimum absolute atomic E-state index is 0.00744. The van der Waals surface area contributed by atoms with Crippen LogP contribution in [0.2, 0.25) is 0 Å². The molecule has 2 aromatic heterocycles. The van der Waals surface area contributed by atoms with Crippen molar-refractivity contribution in [3.05, 3.63) is 72.8 Å². The summed E-state index contributed by atoms with van der Waals surface area (Å²) in [5, 5.41) is 0. The van der Waals surface area contributed by atoms with Crippen molar-refractivity contribution in [3.63, 3.8) is 0 Å². The molecule has 5 heteroatoms. The zero-order chi connectivity index (χ0) is 18.3. The largest absolute Gasteiger partial charge is 0.306 e. The maximum atomic E-state index is 12.5. The van der Waals surface area contributed by atoms with Gasteiger partial charge < -0.3 is 4.98 Å². The lowest BCUT2D eigenvalue weighted by molar-refractivity contribution is 0.242. The first-order valence-electron chi connectivity index (χ1n) is 8.97. The molecule has 1 N–H and O–H groups in total. The van der Waals surface area contributed by atoms with Gasteiger partial charge in [-0.3, -0.25) is 9.69 Å². The average molecular weight is 366 g/mol. The van der Waals surface area contributed by atoms with E-state index in [4.69, 9.17) is 4.98 Å². The summed E-state index contributed by atoms with van der Waals surface area (Å²) in [7, 11) is 0. The highest BCUT2D eigenvalue weighted by atomic mass is 32.1. The van der Waals surface area contributed by atoms with Crippen molar-refractivity contribution >= 4 is 11.3 Å². The van der Waals surface area contributed by atoms with Gasteiger partial charge in [0.25, 0.3) is 5.56 Å². The van der Waals surface area contributed by atoms with Crippen molar-refractivity contribution < 1.29 is 0 Å². The van der Waals surface area contributed by atoms with E-state index >= 15 is 0 Å². The number of nitrogens with zero attached hydrogens (tertiary/aromatic N) is 2. The molecule has 0 fully saturated rings. The Bertz CT molecular complexity index is 982. The van der Waals surface area contributed by atoms with E-state index in [0.717, 1.165) is 42.9 Å². The van der Waals surface area contributed by atoms with Crippen LogP contribution in [-0.4, -0.2) is 21.4 Å². The molecular formula is C21H23N3OS. The molecule has 0 atom stereocenters. The Morgan fingerprint density at radius 2 is 1.96 bits per heavy atom. The lowest BCUT2D eigenvalue weighted by Crippen LogP contribution is -2.34. The summed E-state index contributed by atoms with van der Waals surface area (Å²) >= 11 is 1.86. The topological polar surface area (TPSA) is 49.0 Å². The minimum atomic E-state index is 0.00744. The standard InChI is InChI=1S/C21H23N3OS/c1-13-4-6-16(7-5-13)20-22-19-12-24(9-8-18(19)21(25)23-20)11-17-10-14(2)15(3)26-17/h4-7,10H,8-9,11-12H2,1-3H3,(H,22,23,25). The van der Waals surface area contributed by atoms with E-state index in [1.165, 1.54) is 20.9 Å². The summed E-state index contributed by atoms with van der Waals surface area (Å²) in [4.78, 5) is 25.4. The number of aryl methyl sites for hydroxylation is 3. The first-order chi connectivity index (χ1) is 12.5. The van der Waals surface area contributed by atoms with Crippen LogP contribution in [0, 0.1) is 20.8 Å². The van der Waals surface area contributed by atoms with Crippen molar-refractivity contribution in [1.82, 2.24) is 14.9 Å². The van der Waals surface area contributed by atoms with E-state index < -0.39 is 0 Å². The van der Waals surface area contributed by atoms with Gasteiger partial charge in [-0.2, -0.15) is 0 Å². The Morgan fingerprint density at radius 3 is 2.65 bits per heavy atom. The van der Waals surface area contributed by atoms with Gasteiger partial charge in [-0.05, 0) is 38.8 Å². The van der Waals surface area contributed by atoms with Crippen molar-refractivity contribution in [1.29, 1.82) is 0 Å². The van der Waals surface area contributed by atoms with Crippen LogP contribution in [0.3, 0.4) is 0 Å². The van der Waals surface area contributed by atoms with Crippen LogP contribution < -0.4 is 5.56 Å². The van der Waals surface area contributed by atoms with Crippen LogP contribution in [0.25, 0.3) is 11.4 Å². The molecule has 0 saturated carbocycles. The number of aromatic amines is 1. The average Bonchev–Trinajstić information content (AvgIpc) is 2.92. The normalized spacial score (nSPS) is 14.4. The van der Waals surface area contributed by atoms with Crippen LogP contribution in [-0.2, 0) is 19.5 Å². The van der Waals surface area contributed by atoms with Crippen molar-refractivity contribution in [3.8, 4) is 11.4 Å². The maximum Gasteiger partial charge on any atom is 0.254 e. The molecule has 4 rings (SSSR count). The van der Waals surface area contributed by atoms with Gasteiger partial charge in [-0.1, -0.05) is 29.8 Å². The molecule has 0 unspecified atom stereocenters. The fourth-order valence-electron chi connectivity index (χ4n) is 3.42. The van der Waals surface area contributed by atoms with Crippen LogP contribution in [0.4, 0.5) is 0 Å². The Kier molecular flexibility index (Phi) is 4.51. The van der Waals surface area contributed by atoms with E-state index in [2.05, 4.69) is 36.7 Å². The van der Waals surface area contributed by atoms with Gasteiger partial charge in [0, 0.05) is 40.5 Å². The van der Waals surface area contributed by atoms with Gasteiger partial charge in [0.1, 0.15) is 5.82 Å². The highest BCUT2D eigenvalue weighted by Gasteiger charge is 2.22. The number of benzene rings is 1. The van der Waals surface area contributed by atoms with Crippen molar-refractivity contribution in [2.24, 2.45) is 0 Å². The third-order valence-corrected chi connectivity index (χ3v) is 6.21. The Balaban J connectivity index is 1.61. The lowest BCUT2D eigenvalue weighted by atomic mass is 10.1. The highest BCUT2D eigenvalue weighted by Crippen LogP contribution is 2.25. The molecule has 134 valence electrons. The SMILES string of the molecule is Cc1ccc(-c2nc3c(c(=O)[nH]2)CCN(Cc2cc(C)c(C)s2)C3)cc1. The molecule has 0 spiro atoms. The molecule has 26 heavy (non-hydrogen) atoms. The predicted octanol–water partition coefficient (Wildman–Crippen LogP) is 3.98. The molecule has 1 aromatic carbocycles. The highest BCUT2D eigenvalue weighted by molar-refractivity contribution is 7.12. The van der Waals surface area contributed by atoms with Gasteiger partial charge in [0.2, 0.25) is 0 Å². The molecule has 0 aliphatic carbocycles. The molecule has 1 aliphatic heterocycles. The zero-order valence-electron chi connectivity index (χ0n) is 15.4. The summed E-state index contributed by atoms with van der Waals surface area (Å²) in [5.74, 6) is 0.665. The minimum Gasteiger partial charge on any atom is -0.306 e. The maximum absolute atomic E-state index is 12.5. The Labute approximate surface area is 157 Å². The fraction of sp³-hybridized carbons (Fsp3) is 0.333. The molecule has 0 saturated heterocycles. The van der Waals surface area contributed by atoms with Gasteiger partial charge in [0.05, 0.1) is 5.69 Å². The molecule has 0 amide bonds. The van der Waals surface area contributed by atoms with Crippen LogP contribution in [0.1, 0.15) is 32.1 Å². The summed E-state index contributed by atoms with van der Waals surface area (Å²) in [6.07, 6.45) is 0.759. The third-order valence-electron chi connectivity index (χ3n) is 5.07. The summed E-state index contributed by atoms with van der Waals surface area (Å²) < 4.78 is 0. The van der Waals surface area contributed by atoms with Crippen molar-refractivity contribution in [2.45, 2.75) is 40.3 Å². The molecule has 4 nitrogen and oxygen atoms in total. The quantitative estimate of drug-likeness (QED) is 0.764. The second-order valence-electron chi connectivity index (χ2n) is 7.12. The van der Waals surface area contributed by atoms with Crippen LogP contribution in [0.15, 0.2) is 35.1 Å². The first-order valence-corrected chi connectivity index (χ1v) is 9.78. The predicted molar refractivity (Wildman–Crippen MR) is 107 cm³/mol. The summed E-state index contributed by atoms with van der Waals surface area (Å²) in [6, 6.07) is 10.4. The number of fused-ring (bicyclic) bond motifs is 1.